The molecule has 1 aliphatic heterocycles. The van der Waals surface area contributed by atoms with E-state index in [9.17, 15) is 4.79 Å². The molecular weight excluding hydrogens is 366 g/mol. The number of hydrogen-bond donors (Lipinski definition) is 0. The van der Waals surface area contributed by atoms with E-state index in [1.54, 1.807) is 20.3 Å². The molecule has 29 heavy (non-hydrogen) atoms. The molecule has 0 spiro atoms. The van der Waals surface area contributed by atoms with Crippen LogP contribution in [0.1, 0.15) is 41.1 Å². The highest BCUT2D eigenvalue weighted by atomic mass is 16.5. The van der Waals surface area contributed by atoms with Crippen LogP contribution >= 0.6 is 0 Å². The van der Waals surface area contributed by atoms with Crippen LogP contribution in [-0.2, 0) is 6.54 Å². The highest BCUT2D eigenvalue weighted by Crippen LogP contribution is 2.40. The lowest BCUT2D eigenvalue weighted by Gasteiger charge is -2.27. The lowest BCUT2D eigenvalue weighted by Crippen LogP contribution is -2.24. The first kappa shape index (κ1) is 19.5. The number of ether oxygens (including phenoxy) is 2. The lowest BCUT2D eigenvalue weighted by atomic mass is 10.0. The van der Waals surface area contributed by atoms with E-state index in [1.165, 1.54) is 5.56 Å². The van der Waals surface area contributed by atoms with Crippen LogP contribution in [0.5, 0.6) is 11.5 Å². The Labute approximate surface area is 170 Å². The van der Waals surface area contributed by atoms with Gasteiger partial charge in [0, 0.05) is 29.6 Å². The summed E-state index contributed by atoms with van der Waals surface area (Å²) in [5, 5.41) is 1.01. The number of likely N-dealkylation sites (tertiary alicyclic amines) is 1. The molecule has 1 atom stereocenters. The van der Waals surface area contributed by atoms with E-state index in [0.29, 0.717) is 12.1 Å². The molecule has 3 aromatic rings. The molecule has 4 rings (SSSR count). The Bertz CT molecular complexity index is 1100. The maximum absolute atomic E-state index is 12.2. The van der Waals surface area contributed by atoms with Gasteiger partial charge in [-0.3, -0.25) is 4.90 Å². The summed E-state index contributed by atoms with van der Waals surface area (Å²) in [5.41, 5.74) is 4.81. The van der Waals surface area contributed by atoms with Gasteiger partial charge in [-0.05, 0) is 80.3 Å². The van der Waals surface area contributed by atoms with Gasteiger partial charge in [-0.25, -0.2) is 4.79 Å². The van der Waals surface area contributed by atoms with Gasteiger partial charge in [-0.15, -0.1) is 0 Å². The van der Waals surface area contributed by atoms with Gasteiger partial charge in [0.05, 0.1) is 14.2 Å². The standard InChI is InChI=1S/C24H27NO4/c1-15-10-19-17(12-24(26)29-23(19)11-16(15)2)14-25-9-5-6-21(25)20-13-18(27-3)7-8-22(20)28-4/h7-8,10-13,21H,5-6,9,14H2,1-4H3. The van der Waals surface area contributed by atoms with Crippen molar-refractivity contribution in [1.29, 1.82) is 0 Å². The van der Waals surface area contributed by atoms with Gasteiger partial charge in [-0.2, -0.15) is 0 Å². The molecule has 2 heterocycles. The van der Waals surface area contributed by atoms with E-state index < -0.39 is 0 Å². The Balaban J connectivity index is 1.73. The molecule has 5 nitrogen and oxygen atoms in total. The fourth-order valence-corrected chi connectivity index (χ4v) is 4.30. The summed E-state index contributed by atoms with van der Waals surface area (Å²) in [6.07, 6.45) is 2.14. The topological polar surface area (TPSA) is 51.9 Å². The summed E-state index contributed by atoms with van der Waals surface area (Å²) in [6, 6.07) is 11.9. The third-order valence-corrected chi connectivity index (χ3v) is 5.98. The molecule has 1 unspecified atom stereocenters. The second-order valence-electron chi connectivity index (χ2n) is 7.76. The van der Waals surface area contributed by atoms with Crippen molar-refractivity contribution in [2.24, 2.45) is 0 Å². The normalized spacial score (nSPS) is 17.0. The molecule has 1 aliphatic rings. The van der Waals surface area contributed by atoms with Crippen molar-refractivity contribution in [1.82, 2.24) is 4.90 Å². The molecule has 0 aliphatic carbocycles. The SMILES string of the molecule is COc1ccc(OC)c(C2CCCN2Cc2cc(=O)oc3cc(C)c(C)cc23)c1. The van der Waals surface area contributed by atoms with Crippen LogP contribution in [0.4, 0.5) is 0 Å². The van der Waals surface area contributed by atoms with E-state index in [-0.39, 0.29) is 11.7 Å². The summed E-state index contributed by atoms with van der Waals surface area (Å²) >= 11 is 0. The number of hydrogen-bond acceptors (Lipinski definition) is 5. The van der Waals surface area contributed by atoms with Crippen molar-refractivity contribution in [2.45, 2.75) is 39.3 Å². The van der Waals surface area contributed by atoms with Gasteiger partial charge in [-0.1, -0.05) is 0 Å². The predicted octanol–water partition coefficient (Wildman–Crippen LogP) is 4.76. The maximum atomic E-state index is 12.2. The van der Waals surface area contributed by atoms with Gasteiger partial charge in [0.2, 0.25) is 0 Å². The van der Waals surface area contributed by atoms with Crippen LogP contribution in [-0.4, -0.2) is 25.7 Å². The molecule has 1 fully saturated rings. The number of rotatable bonds is 5. The number of aryl methyl sites for hydroxylation is 2. The van der Waals surface area contributed by atoms with Crippen molar-refractivity contribution in [2.75, 3.05) is 20.8 Å². The van der Waals surface area contributed by atoms with E-state index in [2.05, 4.69) is 24.0 Å². The van der Waals surface area contributed by atoms with Crippen LogP contribution < -0.4 is 15.1 Å². The first-order valence-corrected chi connectivity index (χ1v) is 10.00. The first-order valence-electron chi connectivity index (χ1n) is 10.00. The zero-order valence-electron chi connectivity index (χ0n) is 17.5. The molecule has 0 bridgehead atoms. The largest absolute Gasteiger partial charge is 0.497 e. The molecule has 2 aromatic carbocycles. The number of benzene rings is 2. The van der Waals surface area contributed by atoms with Crippen molar-refractivity contribution < 1.29 is 13.9 Å². The minimum Gasteiger partial charge on any atom is -0.497 e. The summed E-state index contributed by atoms with van der Waals surface area (Å²) in [4.78, 5) is 14.6. The van der Waals surface area contributed by atoms with E-state index in [0.717, 1.165) is 53.0 Å². The maximum Gasteiger partial charge on any atom is 0.336 e. The van der Waals surface area contributed by atoms with Crippen molar-refractivity contribution >= 4 is 11.0 Å². The first-order chi connectivity index (χ1) is 14.0. The second-order valence-corrected chi connectivity index (χ2v) is 7.76. The van der Waals surface area contributed by atoms with E-state index in [4.69, 9.17) is 13.9 Å². The summed E-state index contributed by atoms with van der Waals surface area (Å²) in [5.74, 6) is 1.69. The van der Waals surface area contributed by atoms with Crippen molar-refractivity contribution in [3.8, 4) is 11.5 Å². The van der Waals surface area contributed by atoms with Crippen LogP contribution in [0.2, 0.25) is 0 Å². The minimum atomic E-state index is -0.300. The molecule has 1 aromatic heterocycles. The summed E-state index contributed by atoms with van der Waals surface area (Å²) < 4.78 is 16.5. The zero-order valence-corrected chi connectivity index (χ0v) is 17.5. The second kappa shape index (κ2) is 7.91. The molecule has 1 saturated heterocycles. The van der Waals surface area contributed by atoms with Gasteiger partial charge < -0.3 is 13.9 Å². The average molecular weight is 393 g/mol. The van der Waals surface area contributed by atoms with E-state index in [1.807, 2.05) is 25.1 Å². The smallest absolute Gasteiger partial charge is 0.336 e. The fourth-order valence-electron chi connectivity index (χ4n) is 4.30. The number of nitrogens with zero attached hydrogens (tertiary/aromatic N) is 1. The Morgan fingerprint density at radius 3 is 2.62 bits per heavy atom. The molecule has 152 valence electrons. The Morgan fingerprint density at radius 1 is 1.07 bits per heavy atom. The molecule has 5 heteroatoms. The Morgan fingerprint density at radius 2 is 1.86 bits per heavy atom. The number of methoxy groups -OCH3 is 2. The van der Waals surface area contributed by atoms with Crippen LogP contribution in [0, 0.1) is 13.8 Å². The third kappa shape index (κ3) is 3.75. The monoisotopic (exact) mass is 393 g/mol. The zero-order chi connectivity index (χ0) is 20.5. The molecule has 0 radical (unpaired) electrons. The highest BCUT2D eigenvalue weighted by molar-refractivity contribution is 5.81. The van der Waals surface area contributed by atoms with Crippen LogP contribution in [0.3, 0.4) is 0 Å². The quantitative estimate of drug-likeness (QED) is 0.585. The molecule has 0 N–H and O–H groups in total. The molecule has 0 saturated carbocycles. The summed E-state index contributed by atoms with van der Waals surface area (Å²) in [7, 11) is 3.38. The van der Waals surface area contributed by atoms with Crippen LogP contribution in [0.15, 0.2) is 45.6 Å². The Hall–Kier alpha value is -2.79. The van der Waals surface area contributed by atoms with Crippen molar-refractivity contribution in [3.05, 3.63) is 69.1 Å². The Kier molecular flexibility index (Phi) is 5.33. The van der Waals surface area contributed by atoms with Gasteiger partial charge >= 0.3 is 5.63 Å². The van der Waals surface area contributed by atoms with Gasteiger partial charge in [0.15, 0.2) is 0 Å². The lowest BCUT2D eigenvalue weighted by molar-refractivity contribution is 0.243. The molecular formula is C24H27NO4. The van der Waals surface area contributed by atoms with Gasteiger partial charge in [0.1, 0.15) is 17.1 Å². The highest BCUT2D eigenvalue weighted by Gasteiger charge is 2.29. The number of fused-ring (bicyclic) bond motifs is 1. The summed E-state index contributed by atoms with van der Waals surface area (Å²) in [6.45, 7) is 5.78. The van der Waals surface area contributed by atoms with Gasteiger partial charge in [0.25, 0.3) is 0 Å². The van der Waals surface area contributed by atoms with Crippen molar-refractivity contribution in [3.63, 3.8) is 0 Å². The third-order valence-electron chi connectivity index (χ3n) is 5.98. The van der Waals surface area contributed by atoms with Crippen LogP contribution in [0.25, 0.3) is 11.0 Å². The predicted molar refractivity (Wildman–Crippen MR) is 114 cm³/mol. The average Bonchev–Trinajstić information content (AvgIpc) is 3.17. The molecule has 0 amide bonds. The van der Waals surface area contributed by atoms with E-state index >= 15 is 0 Å². The fraction of sp³-hybridized carbons (Fsp3) is 0.375. The minimum absolute atomic E-state index is 0.217.